The summed E-state index contributed by atoms with van der Waals surface area (Å²) in [6.45, 7) is 4.10. The van der Waals surface area contributed by atoms with Crippen LogP contribution in [0.25, 0.3) is 0 Å². The van der Waals surface area contributed by atoms with Crippen molar-refractivity contribution in [2.75, 3.05) is 16.6 Å². The third-order valence-electron chi connectivity index (χ3n) is 3.76. The van der Waals surface area contributed by atoms with Crippen molar-refractivity contribution < 1.29 is 4.74 Å². The van der Waals surface area contributed by atoms with Crippen LogP contribution in [-0.4, -0.2) is 15.0 Å². The molecule has 27 heavy (non-hydrogen) atoms. The number of pyridine rings is 1. The van der Waals surface area contributed by atoms with E-state index in [2.05, 4.69) is 45.6 Å². The number of nitrogens with two attached hydrogens (primary N) is 1. The molecular formula is C20H20N6O. The Balaban J connectivity index is 1.90. The van der Waals surface area contributed by atoms with Crippen LogP contribution in [0, 0.1) is 12.3 Å². The van der Waals surface area contributed by atoms with E-state index in [-0.39, 0.29) is 11.9 Å². The molecule has 0 aliphatic carbocycles. The summed E-state index contributed by atoms with van der Waals surface area (Å²) in [7, 11) is 0. The lowest BCUT2D eigenvalue weighted by Crippen LogP contribution is -2.12. The van der Waals surface area contributed by atoms with Crippen molar-refractivity contribution in [3.8, 4) is 23.8 Å². The summed E-state index contributed by atoms with van der Waals surface area (Å²) in [5, 5.41) is 0. The molecule has 136 valence electrons. The number of benzene rings is 1. The summed E-state index contributed by atoms with van der Waals surface area (Å²) in [6.07, 6.45) is 8.70. The molecule has 0 fully saturated rings. The summed E-state index contributed by atoms with van der Waals surface area (Å²) in [6, 6.07) is 11.3. The van der Waals surface area contributed by atoms with Crippen molar-refractivity contribution >= 4 is 17.5 Å². The number of para-hydroxylation sites is 1. The molecular weight excluding hydrogens is 340 g/mol. The van der Waals surface area contributed by atoms with Gasteiger partial charge in [0.25, 0.3) is 0 Å². The lowest BCUT2D eigenvalue weighted by atomic mass is 10.0. The van der Waals surface area contributed by atoms with Gasteiger partial charge in [-0.1, -0.05) is 38.0 Å². The number of rotatable bonds is 6. The molecule has 7 nitrogen and oxygen atoms in total. The Kier molecular flexibility index (Phi) is 5.38. The summed E-state index contributed by atoms with van der Waals surface area (Å²) in [5.41, 5.74) is 14.1. The summed E-state index contributed by atoms with van der Waals surface area (Å²) < 4.78 is 6.07. The van der Waals surface area contributed by atoms with E-state index in [1.807, 2.05) is 30.3 Å². The van der Waals surface area contributed by atoms with Crippen LogP contribution in [0.3, 0.4) is 0 Å². The van der Waals surface area contributed by atoms with Crippen LogP contribution in [0.4, 0.5) is 17.5 Å². The van der Waals surface area contributed by atoms with Crippen LogP contribution in [0.1, 0.15) is 31.0 Å². The fraction of sp³-hybridized carbons (Fsp3) is 0.150. The van der Waals surface area contributed by atoms with Crippen molar-refractivity contribution in [3.63, 3.8) is 0 Å². The van der Waals surface area contributed by atoms with Gasteiger partial charge >= 0.3 is 0 Å². The molecule has 0 aliphatic rings. The van der Waals surface area contributed by atoms with E-state index in [0.717, 1.165) is 11.3 Å². The molecule has 2 heterocycles. The first-order valence-electron chi connectivity index (χ1n) is 8.41. The van der Waals surface area contributed by atoms with E-state index in [0.29, 0.717) is 23.0 Å². The molecule has 0 atom stereocenters. The molecule has 2 aromatic heterocycles. The van der Waals surface area contributed by atoms with Gasteiger partial charge in [0.15, 0.2) is 11.6 Å². The van der Waals surface area contributed by atoms with E-state index in [1.165, 1.54) is 6.20 Å². The highest BCUT2D eigenvalue weighted by Gasteiger charge is 2.14. The fourth-order valence-corrected chi connectivity index (χ4v) is 2.37. The second kappa shape index (κ2) is 8.06. The molecule has 0 spiro atoms. The van der Waals surface area contributed by atoms with Crippen molar-refractivity contribution in [3.05, 3.63) is 60.0 Å². The topological polar surface area (TPSA) is 98.0 Å². The predicted octanol–water partition coefficient (Wildman–Crippen LogP) is 3.79. The number of hydrogen-bond donors (Lipinski definition) is 3. The van der Waals surface area contributed by atoms with E-state index < -0.39 is 0 Å². The Bertz CT molecular complexity index is 966. The maximum atomic E-state index is 6.07. The van der Waals surface area contributed by atoms with Gasteiger partial charge < -0.3 is 10.5 Å². The number of nitrogens with one attached hydrogen (secondary N) is 2. The number of hydrazine groups is 1. The monoisotopic (exact) mass is 360 g/mol. The van der Waals surface area contributed by atoms with E-state index in [4.69, 9.17) is 16.9 Å². The molecule has 0 amide bonds. The first-order chi connectivity index (χ1) is 13.1. The van der Waals surface area contributed by atoms with E-state index in [9.17, 15) is 0 Å². The number of anilines is 3. The van der Waals surface area contributed by atoms with Crippen molar-refractivity contribution in [1.82, 2.24) is 15.0 Å². The zero-order valence-corrected chi connectivity index (χ0v) is 15.1. The summed E-state index contributed by atoms with van der Waals surface area (Å²) in [5.74, 6) is 4.26. The van der Waals surface area contributed by atoms with Gasteiger partial charge in [-0.2, -0.15) is 4.98 Å². The molecule has 0 saturated carbocycles. The molecule has 0 bridgehead atoms. The first-order valence-corrected chi connectivity index (χ1v) is 8.41. The fourth-order valence-electron chi connectivity index (χ4n) is 2.37. The van der Waals surface area contributed by atoms with Crippen LogP contribution < -0.4 is 21.3 Å². The van der Waals surface area contributed by atoms with Gasteiger partial charge in [0.2, 0.25) is 5.95 Å². The average Bonchev–Trinajstić information content (AvgIpc) is 2.68. The third kappa shape index (κ3) is 4.44. The maximum Gasteiger partial charge on any atom is 0.222 e. The Labute approximate surface area is 158 Å². The Morgan fingerprint density at radius 3 is 2.56 bits per heavy atom. The molecule has 1 aromatic carbocycles. The Morgan fingerprint density at radius 2 is 1.85 bits per heavy atom. The van der Waals surface area contributed by atoms with Gasteiger partial charge in [-0.25, -0.2) is 9.97 Å². The molecule has 0 radical (unpaired) electrons. The summed E-state index contributed by atoms with van der Waals surface area (Å²) >= 11 is 0. The van der Waals surface area contributed by atoms with Gasteiger partial charge in [-0.3, -0.25) is 10.9 Å². The van der Waals surface area contributed by atoms with Gasteiger partial charge in [-0.05, 0) is 18.1 Å². The molecule has 3 aromatic rings. The smallest absolute Gasteiger partial charge is 0.222 e. The normalized spacial score (nSPS) is 10.3. The molecule has 4 N–H and O–H groups in total. The first kappa shape index (κ1) is 18.0. The SMILES string of the molecule is C#Cc1cc(Oc2cnc(N)nc2NNc2ccccc2)c(C(C)C)cn1. The molecule has 7 heteroatoms. The molecule has 0 aliphatic heterocycles. The lowest BCUT2D eigenvalue weighted by Gasteiger charge is -2.16. The van der Waals surface area contributed by atoms with Crippen molar-refractivity contribution in [1.29, 1.82) is 0 Å². The van der Waals surface area contributed by atoms with Crippen LogP contribution in [-0.2, 0) is 0 Å². The highest BCUT2D eigenvalue weighted by molar-refractivity contribution is 5.58. The zero-order chi connectivity index (χ0) is 19.2. The maximum absolute atomic E-state index is 6.07. The second-order valence-electron chi connectivity index (χ2n) is 6.07. The van der Waals surface area contributed by atoms with Gasteiger partial charge in [0.05, 0.1) is 11.9 Å². The third-order valence-corrected chi connectivity index (χ3v) is 3.76. The molecule has 0 saturated heterocycles. The molecule has 3 rings (SSSR count). The average molecular weight is 360 g/mol. The number of terminal acetylenes is 1. The predicted molar refractivity (Wildman–Crippen MR) is 106 cm³/mol. The standard InChI is InChI=1S/C20H20N6O/c1-4-14-10-17(16(11-22-14)13(2)3)27-18-12-23-20(21)24-19(18)26-25-15-8-6-5-7-9-15/h1,5-13,25H,2-3H3,(H3,21,23,24,26). The second-order valence-corrected chi connectivity index (χ2v) is 6.07. The van der Waals surface area contributed by atoms with Gasteiger partial charge in [0, 0.05) is 17.8 Å². The number of aromatic nitrogens is 3. The van der Waals surface area contributed by atoms with Crippen molar-refractivity contribution in [2.45, 2.75) is 19.8 Å². The largest absolute Gasteiger partial charge is 0.451 e. The number of hydrogen-bond acceptors (Lipinski definition) is 7. The van der Waals surface area contributed by atoms with Crippen molar-refractivity contribution in [2.24, 2.45) is 0 Å². The van der Waals surface area contributed by atoms with E-state index >= 15 is 0 Å². The number of nitrogen functional groups attached to an aromatic ring is 1. The highest BCUT2D eigenvalue weighted by Crippen LogP contribution is 2.33. The van der Waals surface area contributed by atoms with Crippen LogP contribution in [0.2, 0.25) is 0 Å². The van der Waals surface area contributed by atoms with Gasteiger partial charge in [0.1, 0.15) is 11.4 Å². The zero-order valence-electron chi connectivity index (χ0n) is 15.1. The Morgan fingerprint density at radius 1 is 1.07 bits per heavy atom. The minimum Gasteiger partial charge on any atom is -0.451 e. The minimum absolute atomic E-state index is 0.128. The van der Waals surface area contributed by atoms with Gasteiger partial charge in [-0.15, -0.1) is 6.42 Å². The van der Waals surface area contributed by atoms with Crippen LogP contribution in [0.15, 0.2) is 48.8 Å². The summed E-state index contributed by atoms with van der Waals surface area (Å²) in [4.78, 5) is 12.5. The number of ether oxygens (including phenoxy) is 1. The van der Waals surface area contributed by atoms with Crippen LogP contribution >= 0.6 is 0 Å². The number of nitrogens with zero attached hydrogens (tertiary/aromatic N) is 3. The minimum atomic E-state index is 0.128. The quantitative estimate of drug-likeness (QED) is 0.454. The van der Waals surface area contributed by atoms with Crippen LogP contribution in [0.5, 0.6) is 11.5 Å². The lowest BCUT2D eigenvalue weighted by molar-refractivity contribution is 0.469. The highest BCUT2D eigenvalue weighted by atomic mass is 16.5. The Hall–Kier alpha value is -3.79. The molecule has 0 unspecified atom stereocenters. The van der Waals surface area contributed by atoms with E-state index in [1.54, 1.807) is 12.3 Å².